The van der Waals surface area contributed by atoms with E-state index in [0.717, 1.165) is 22.4 Å². The van der Waals surface area contributed by atoms with E-state index in [4.69, 9.17) is 4.74 Å². The van der Waals surface area contributed by atoms with Crippen LogP contribution in [0.4, 0.5) is 0 Å². The number of aryl methyl sites for hydroxylation is 2. The van der Waals surface area contributed by atoms with Crippen LogP contribution in [0.1, 0.15) is 16.7 Å². The van der Waals surface area contributed by atoms with E-state index in [2.05, 4.69) is 37.0 Å². The zero-order chi connectivity index (χ0) is 17.1. The van der Waals surface area contributed by atoms with Crippen molar-refractivity contribution in [2.24, 2.45) is 0 Å². The minimum Gasteiger partial charge on any atom is -0.480 e. The van der Waals surface area contributed by atoms with Gasteiger partial charge in [0.25, 0.3) is 0 Å². The second-order valence-corrected chi connectivity index (χ2v) is 5.72. The maximum Gasteiger partial charge on any atom is 0.232 e. The van der Waals surface area contributed by atoms with Gasteiger partial charge in [0.05, 0.1) is 12.8 Å². The number of benzene rings is 2. The fourth-order valence-electron chi connectivity index (χ4n) is 2.67. The van der Waals surface area contributed by atoms with Gasteiger partial charge in [-0.3, -0.25) is 0 Å². The topological polar surface area (TPSA) is 45.9 Å². The quantitative estimate of drug-likeness (QED) is 0.690. The third-order valence-electron chi connectivity index (χ3n) is 4.18. The molecular weight excluding hydrogens is 296 g/mol. The van der Waals surface area contributed by atoms with Crippen LogP contribution >= 0.6 is 0 Å². The molecule has 0 saturated heterocycles. The maximum absolute atomic E-state index is 9.56. The van der Waals surface area contributed by atoms with Crippen molar-refractivity contribution in [3.8, 4) is 34.3 Å². The predicted octanol–water partition coefficient (Wildman–Crippen LogP) is 4.91. The van der Waals surface area contributed by atoms with E-state index < -0.39 is 0 Å². The van der Waals surface area contributed by atoms with E-state index in [9.17, 15) is 5.26 Å². The molecule has 3 rings (SSSR count). The first-order chi connectivity index (χ1) is 11.6. The van der Waals surface area contributed by atoms with E-state index in [-0.39, 0.29) is 0 Å². The number of rotatable bonds is 3. The first-order valence-electron chi connectivity index (χ1n) is 7.76. The van der Waals surface area contributed by atoms with Gasteiger partial charge in [-0.25, -0.2) is 4.98 Å². The molecule has 24 heavy (non-hydrogen) atoms. The number of hydrogen-bond acceptors (Lipinski definition) is 3. The zero-order valence-corrected chi connectivity index (χ0v) is 14.0. The lowest BCUT2D eigenvalue weighted by Crippen LogP contribution is -1.98. The molecule has 3 heteroatoms. The van der Waals surface area contributed by atoms with E-state index >= 15 is 0 Å². The van der Waals surface area contributed by atoms with E-state index in [0.29, 0.717) is 11.4 Å². The van der Waals surface area contributed by atoms with Gasteiger partial charge < -0.3 is 4.74 Å². The Hall–Kier alpha value is -3.12. The van der Waals surface area contributed by atoms with Gasteiger partial charge in [-0.2, -0.15) is 5.26 Å². The molecule has 0 N–H and O–H groups in total. The standard InChI is InChI=1S/C21H18N2O/c1-14-9-10-17(11-15(14)2)20-12-18(16-7-5-4-6-8-16)19(13-22)21(23-20)24-3/h4-12H,1-3H3. The number of hydrogen-bond donors (Lipinski definition) is 0. The first-order valence-corrected chi connectivity index (χ1v) is 7.76. The molecule has 0 atom stereocenters. The molecule has 0 radical (unpaired) electrons. The molecule has 0 aliphatic heterocycles. The highest BCUT2D eigenvalue weighted by molar-refractivity contribution is 5.78. The Morgan fingerprint density at radius 3 is 2.29 bits per heavy atom. The Morgan fingerprint density at radius 2 is 1.67 bits per heavy atom. The van der Waals surface area contributed by atoms with Crippen molar-refractivity contribution < 1.29 is 4.74 Å². The Balaban J connectivity index is 2.25. The summed E-state index contributed by atoms with van der Waals surface area (Å²) in [6.45, 7) is 4.17. The Labute approximate surface area is 142 Å². The molecule has 0 bridgehead atoms. The van der Waals surface area contributed by atoms with Gasteiger partial charge in [-0.1, -0.05) is 42.5 Å². The van der Waals surface area contributed by atoms with Crippen LogP contribution in [-0.2, 0) is 0 Å². The summed E-state index contributed by atoms with van der Waals surface area (Å²) in [6, 6.07) is 20.3. The fraction of sp³-hybridized carbons (Fsp3) is 0.143. The second-order valence-electron chi connectivity index (χ2n) is 5.72. The first kappa shape index (κ1) is 15.8. The molecule has 0 unspecified atom stereocenters. The molecule has 3 nitrogen and oxygen atoms in total. The Bertz CT molecular complexity index is 925. The van der Waals surface area contributed by atoms with E-state index in [1.54, 1.807) is 7.11 Å². The SMILES string of the molecule is COc1nc(-c2ccc(C)c(C)c2)cc(-c2ccccc2)c1C#N. The maximum atomic E-state index is 9.56. The number of nitrogens with zero attached hydrogens (tertiary/aromatic N) is 2. The molecule has 1 aromatic heterocycles. The lowest BCUT2D eigenvalue weighted by atomic mass is 9.97. The summed E-state index contributed by atoms with van der Waals surface area (Å²) < 4.78 is 5.38. The highest BCUT2D eigenvalue weighted by Gasteiger charge is 2.15. The third-order valence-corrected chi connectivity index (χ3v) is 4.18. The van der Waals surface area contributed by atoms with Crippen molar-refractivity contribution in [2.45, 2.75) is 13.8 Å². The Kier molecular flexibility index (Phi) is 4.31. The minimum atomic E-state index is 0.354. The summed E-state index contributed by atoms with van der Waals surface area (Å²) >= 11 is 0. The van der Waals surface area contributed by atoms with E-state index in [1.807, 2.05) is 42.5 Å². The van der Waals surface area contributed by atoms with Crippen LogP contribution in [0, 0.1) is 25.2 Å². The van der Waals surface area contributed by atoms with Crippen LogP contribution in [0.2, 0.25) is 0 Å². The fourth-order valence-corrected chi connectivity index (χ4v) is 2.67. The van der Waals surface area contributed by atoms with Crippen molar-refractivity contribution in [2.75, 3.05) is 7.11 Å². The molecule has 0 fully saturated rings. The molecular formula is C21H18N2O. The average molecular weight is 314 g/mol. The summed E-state index contributed by atoms with van der Waals surface area (Å²) in [4.78, 5) is 4.54. The molecule has 1 heterocycles. The minimum absolute atomic E-state index is 0.354. The molecule has 3 aromatic rings. The van der Waals surface area contributed by atoms with Crippen molar-refractivity contribution in [3.05, 3.63) is 71.3 Å². The highest BCUT2D eigenvalue weighted by atomic mass is 16.5. The molecule has 2 aromatic carbocycles. The summed E-state index contributed by atoms with van der Waals surface area (Å²) in [5, 5.41) is 9.56. The van der Waals surface area contributed by atoms with Gasteiger partial charge >= 0.3 is 0 Å². The Morgan fingerprint density at radius 1 is 0.917 bits per heavy atom. The number of pyridine rings is 1. The van der Waals surface area contributed by atoms with Crippen molar-refractivity contribution in [1.82, 2.24) is 4.98 Å². The average Bonchev–Trinajstić information content (AvgIpc) is 2.63. The van der Waals surface area contributed by atoms with Crippen LogP contribution in [0.25, 0.3) is 22.4 Å². The molecule has 118 valence electrons. The van der Waals surface area contributed by atoms with Crippen molar-refractivity contribution in [1.29, 1.82) is 5.26 Å². The van der Waals surface area contributed by atoms with Crippen molar-refractivity contribution in [3.63, 3.8) is 0 Å². The van der Waals surface area contributed by atoms with Gasteiger partial charge in [-0.05, 0) is 42.7 Å². The largest absolute Gasteiger partial charge is 0.480 e. The highest BCUT2D eigenvalue weighted by Crippen LogP contribution is 2.33. The molecule has 0 amide bonds. The predicted molar refractivity (Wildman–Crippen MR) is 95.9 cm³/mol. The van der Waals surface area contributed by atoms with Gasteiger partial charge in [0.2, 0.25) is 5.88 Å². The normalized spacial score (nSPS) is 10.2. The van der Waals surface area contributed by atoms with Gasteiger partial charge in [0, 0.05) is 11.1 Å². The van der Waals surface area contributed by atoms with Crippen LogP contribution in [-0.4, -0.2) is 12.1 Å². The summed E-state index contributed by atoms with van der Waals surface area (Å²) in [5.74, 6) is 0.354. The lowest BCUT2D eigenvalue weighted by Gasteiger charge is -2.12. The third kappa shape index (κ3) is 2.87. The van der Waals surface area contributed by atoms with Crippen molar-refractivity contribution >= 4 is 0 Å². The van der Waals surface area contributed by atoms with Crippen LogP contribution in [0.5, 0.6) is 5.88 Å². The summed E-state index contributed by atoms with van der Waals surface area (Å²) in [7, 11) is 1.54. The van der Waals surface area contributed by atoms with Gasteiger partial charge in [0.15, 0.2) is 0 Å². The smallest absolute Gasteiger partial charge is 0.232 e. The second kappa shape index (κ2) is 6.55. The monoisotopic (exact) mass is 314 g/mol. The van der Waals surface area contributed by atoms with E-state index in [1.165, 1.54) is 11.1 Å². The van der Waals surface area contributed by atoms with Crippen LogP contribution in [0.15, 0.2) is 54.6 Å². The number of aromatic nitrogens is 1. The van der Waals surface area contributed by atoms with Crippen LogP contribution in [0.3, 0.4) is 0 Å². The molecule has 0 aliphatic carbocycles. The summed E-state index contributed by atoms with van der Waals surface area (Å²) in [6.07, 6.45) is 0. The van der Waals surface area contributed by atoms with Gasteiger partial charge in [0.1, 0.15) is 11.6 Å². The molecule has 0 aliphatic rings. The number of nitriles is 1. The number of ether oxygens (including phenoxy) is 1. The van der Waals surface area contributed by atoms with Crippen LogP contribution < -0.4 is 4.74 Å². The zero-order valence-electron chi connectivity index (χ0n) is 14.0. The molecule has 0 saturated carbocycles. The van der Waals surface area contributed by atoms with Gasteiger partial charge in [-0.15, -0.1) is 0 Å². The number of methoxy groups -OCH3 is 1. The lowest BCUT2D eigenvalue weighted by molar-refractivity contribution is 0.397. The molecule has 0 spiro atoms. The summed E-state index contributed by atoms with van der Waals surface area (Å²) in [5.41, 5.74) is 6.52.